The summed E-state index contributed by atoms with van der Waals surface area (Å²) in [4.78, 5) is 35.8. The van der Waals surface area contributed by atoms with Crippen molar-refractivity contribution in [2.75, 3.05) is 30.3 Å². The molecule has 4 N–H and O–H groups in total. The maximum atomic E-state index is 14.8. The van der Waals surface area contributed by atoms with Gasteiger partial charge in [-0.25, -0.2) is 13.2 Å². The van der Waals surface area contributed by atoms with E-state index in [9.17, 15) is 27.6 Å². The van der Waals surface area contributed by atoms with Crippen LogP contribution in [0, 0.1) is 0 Å². The van der Waals surface area contributed by atoms with Gasteiger partial charge < -0.3 is 16.0 Å². The lowest BCUT2D eigenvalue weighted by atomic mass is 10.1. The minimum Gasteiger partial charge on any atom is -0.352 e. The second-order valence-corrected chi connectivity index (χ2v) is 6.12. The summed E-state index contributed by atoms with van der Waals surface area (Å²) in [6.07, 6.45) is 0. The first-order valence-corrected chi connectivity index (χ1v) is 9.46. The van der Waals surface area contributed by atoms with Crippen LogP contribution in [0.25, 0.3) is 0 Å². The van der Waals surface area contributed by atoms with Crippen LogP contribution in [0.1, 0.15) is 13.8 Å². The fourth-order valence-electron chi connectivity index (χ4n) is 1.68. The predicted molar refractivity (Wildman–Crippen MR) is 102 cm³/mol. The molecule has 152 valence electrons. The van der Waals surface area contributed by atoms with E-state index in [-0.39, 0.29) is 13.1 Å². The van der Waals surface area contributed by atoms with Crippen molar-refractivity contribution in [2.24, 2.45) is 0 Å². The van der Waals surface area contributed by atoms with Gasteiger partial charge >= 0.3 is 0 Å². The monoisotopic (exact) mass is 436 g/mol. The molecule has 3 atom stereocenters. The Morgan fingerprint density at radius 2 is 1.12 bits per heavy atom. The first-order valence-electron chi connectivity index (χ1n) is 7.56. The van der Waals surface area contributed by atoms with E-state index in [1.54, 1.807) is 0 Å². The quantitative estimate of drug-likeness (QED) is 0.179. The van der Waals surface area contributed by atoms with Gasteiger partial charge in [-0.15, -0.1) is 0 Å². The van der Waals surface area contributed by atoms with E-state index in [1.165, 1.54) is 24.5 Å². The number of nitrogens with one attached hydrogen (secondary N) is 4. The van der Waals surface area contributed by atoms with Crippen molar-refractivity contribution in [3.63, 3.8) is 0 Å². The topological polar surface area (TPSA) is 99.3 Å². The van der Waals surface area contributed by atoms with Crippen molar-refractivity contribution in [3.8, 4) is 0 Å². The van der Waals surface area contributed by atoms with E-state index in [2.05, 4.69) is 48.5 Å². The van der Waals surface area contributed by atoms with Crippen LogP contribution in [-0.4, -0.2) is 65.4 Å². The van der Waals surface area contributed by atoms with Gasteiger partial charge in [0.25, 0.3) is 29.3 Å². The number of halogens is 3. The maximum absolute atomic E-state index is 14.8. The maximum Gasteiger partial charge on any atom is 0.282 e. The number of hydrogen-bond donors (Lipinski definition) is 7. The number of thiol groups is 3. The predicted octanol–water partition coefficient (Wildman–Crippen LogP) is -0.249. The summed E-state index contributed by atoms with van der Waals surface area (Å²) in [6.45, 7) is 3.06. The zero-order chi connectivity index (χ0) is 20.6. The minimum absolute atomic E-state index is 0.0151. The number of carbonyl (C=O) groups is 3. The summed E-state index contributed by atoms with van der Waals surface area (Å²) in [7, 11) is 0. The molecule has 0 rings (SSSR count). The lowest BCUT2D eigenvalue weighted by Gasteiger charge is -2.31. The van der Waals surface area contributed by atoms with Gasteiger partial charge in [0.1, 0.15) is 0 Å². The Hall–Kier alpha value is -0.790. The highest BCUT2D eigenvalue weighted by atomic mass is 32.1. The fraction of sp³-hybridized carbons (Fsp3) is 0.769. The van der Waals surface area contributed by atoms with E-state index in [0.29, 0.717) is 0 Å². The fourth-order valence-corrected chi connectivity index (χ4v) is 2.38. The number of alkyl halides is 3. The Labute approximate surface area is 166 Å². The number of likely N-dealkylation sites (N-methyl/N-ethyl adjacent to an activating group) is 2. The summed E-state index contributed by atoms with van der Waals surface area (Å²) in [5.41, 5.74) is 0. The van der Waals surface area contributed by atoms with Gasteiger partial charge in [-0.1, -0.05) is 6.92 Å². The van der Waals surface area contributed by atoms with Crippen LogP contribution in [-0.2, 0) is 14.4 Å². The standard InChI is InChI=1S/C13H23F3N4O3S3/c1-3-17-8(21)12(15,6-25)20-10(23)13(16,7-26)19-9(22)11(14,5-24)18-4-2/h18,24-26H,3-7H2,1-2H3,(H,17,21)(H,19,22)(H,20,23)/t11-,12-,13?/m1/s1. The zero-order valence-corrected chi connectivity index (χ0v) is 16.9. The number of hydrogen-bond acceptors (Lipinski definition) is 7. The van der Waals surface area contributed by atoms with Crippen LogP contribution in [0.4, 0.5) is 13.2 Å². The van der Waals surface area contributed by atoms with Crippen LogP contribution >= 0.6 is 37.9 Å². The Morgan fingerprint density at radius 3 is 1.46 bits per heavy atom. The second kappa shape index (κ2) is 10.5. The molecule has 0 radical (unpaired) electrons. The molecule has 0 aromatic heterocycles. The van der Waals surface area contributed by atoms with Gasteiger partial charge in [0.2, 0.25) is 5.79 Å². The summed E-state index contributed by atoms with van der Waals surface area (Å²) < 4.78 is 43.8. The van der Waals surface area contributed by atoms with Crippen LogP contribution in [0.2, 0.25) is 0 Å². The molecule has 3 amide bonds. The van der Waals surface area contributed by atoms with E-state index in [4.69, 9.17) is 0 Å². The Balaban J connectivity index is 5.43. The lowest BCUT2D eigenvalue weighted by Crippen LogP contribution is -2.68. The largest absolute Gasteiger partial charge is 0.352 e. The first-order chi connectivity index (χ1) is 12.0. The van der Waals surface area contributed by atoms with Crippen LogP contribution in [0.15, 0.2) is 0 Å². The molecular weight excluding hydrogens is 413 g/mol. The van der Waals surface area contributed by atoms with Gasteiger partial charge in [-0.2, -0.15) is 37.9 Å². The third-order valence-corrected chi connectivity index (χ3v) is 4.46. The number of rotatable bonds is 11. The summed E-state index contributed by atoms with van der Waals surface area (Å²) in [5, 5.41) is 7.34. The second-order valence-electron chi connectivity index (χ2n) is 5.18. The van der Waals surface area contributed by atoms with Crippen molar-refractivity contribution in [1.29, 1.82) is 0 Å². The molecule has 0 fully saturated rings. The molecule has 0 spiro atoms. The minimum atomic E-state index is -3.29. The van der Waals surface area contributed by atoms with E-state index in [0.717, 1.165) is 0 Å². The van der Waals surface area contributed by atoms with E-state index in [1.807, 2.05) is 0 Å². The van der Waals surface area contributed by atoms with E-state index >= 15 is 0 Å². The Kier molecular flexibility index (Phi) is 10.2. The van der Waals surface area contributed by atoms with Gasteiger partial charge in [0, 0.05) is 12.3 Å². The van der Waals surface area contributed by atoms with E-state index < -0.39 is 52.4 Å². The van der Waals surface area contributed by atoms with Crippen molar-refractivity contribution in [1.82, 2.24) is 21.3 Å². The molecule has 0 aliphatic carbocycles. The molecule has 0 aliphatic heterocycles. The molecule has 0 saturated carbocycles. The Morgan fingerprint density at radius 1 is 0.731 bits per heavy atom. The summed E-state index contributed by atoms with van der Waals surface area (Å²) >= 11 is 10.9. The highest BCUT2D eigenvalue weighted by Gasteiger charge is 2.49. The molecule has 13 heteroatoms. The highest BCUT2D eigenvalue weighted by molar-refractivity contribution is 7.80. The van der Waals surface area contributed by atoms with Crippen molar-refractivity contribution < 1.29 is 27.6 Å². The molecule has 0 bridgehead atoms. The third-order valence-electron chi connectivity index (χ3n) is 3.15. The lowest BCUT2D eigenvalue weighted by molar-refractivity contribution is -0.150. The van der Waals surface area contributed by atoms with Crippen LogP contribution in [0.5, 0.6) is 0 Å². The average Bonchev–Trinajstić information content (AvgIpc) is 2.61. The highest BCUT2D eigenvalue weighted by Crippen LogP contribution is 2.18. The molecular formula is C13H23F3N4O3S3. The summed E-state index contributed by atoms with van der Waals surface area (Å²) in [5.74, 6) is -16.0. The third kappa shape index (κ3) is 6.13. The van der Waals surface area contributed by atoms with Crippen LogP contribution < -0.4 is 21.3 Å². The molecule has 1 unspecified atom stereocenters. The molecule has 0 heterocycles. The number of amides is 3. The van der Waals surface area contributed by atoms with Crippen molar-refractivity contribution in [3.05, 3.63) is 0 Å². The zero-order valence-electron chi connectivity index (χ0n) is 14.2. The van der Waals surface area contributed by atoms with Gasteiger partial charge in [-0.05, 0) is 13.5 Å². The normalized spacial score (nSPS) is 18.0. The summed E-state index contributed by atoms with van der Waals surface area (Å²) in [6, 6.07) is 0. The average molecular weight is 437 g/mol. The Bertz CT molecular complexity index is 534. The van der Waals surface area contributed by atoms with Crippen molar-refractivity contribution >= 4 is 55.6 Å². The first kappa shape index (κ1) is 25.2. The van der Waals surface area contributed by atoms with Gasteiger partial charge in [0.05, 0.1) is 11.5 Å². The van der Waals surface area contributed by atoms with Crippen molar-refractivity contribution in [2.45, 2.75) is 31.2 Å². The molecule has 0 aliphatic rings. The SMILES string of the molecule is CCNC(=O)[C@@](F)(CS)NC(=O)C(F)(CS)NC(=O)[C@@](F)(CS)NCC. The smallest absolute Gasteiger partial charge is 0.282 e. The number of carbonyl (C=O) groups excluding carboxylic acids is 3. The molecule has 0 aromatic rings. The molecule has 26 heavy (non-hydrogen) atoms. The van der Waals surface area contributed by atoms with Gasteiger partial charge in [0.15, 0.2) is 0 Å². The molecule has 7 nitrogen and oxygen atoms in total. The molecule has 0 aromatic carbocycles. The molecule has 0 saturated heterocycles. The van der Waals surface area contributed by atoms with Crippen LogP contribution in [0.3, 0.4) is 0 Å². The van der Waals surface area contributed by atoms with Gasteiger partial charge in [-0.3, -0.25) is 19.7 Å².